The van der Waals surface area contributed by atoms with Crippen LogP contribution in [0.1, 0.15) is 51.6 Å². The summed E-state index contributed by atoms with van der Waals surface area (Å²) in [5.74, 6) is 0. The quantitative estimate of drug-likeness (QED) is 0.881. The number of anilines is 1. The Bertz CT molecular complexity index is 397. The van der Waals surface area contributed by atoms with Gasteiger partial charge in [-0.1, -0.05) is 39.0 Å². The zero-order valence-corrected chi connectivity index (χ0v) is 12.9. The molecule has 0 saturated carbocycles. The average molecular weight is 260 g/mol. The van der Waals surface area contributed by atoms with Gasteiger partial charge in [-0.3, -0.25) is 0 Å². The summed E-state index contributed by atoms with van der Waals surface area (Å²) in [6, 6.07) is 9.35. The number of benzene rings is 1. The van der Waals surface area contributed by atoms with Crippen LogP contribution in [0.4, 0.5) is 5.69 Å². The molecule has 0 radical (unpaired) electrons. The molecule has 2 nitrogen and oxygen atoms in total. The molecule has 1 N–H and O–H groups in total. The Morgan fingerprint density at radius 2 is 1.84 bits per heavy atom. The Labute approximate surface area is 118 Å². The highest BCUT2D eigenvalue weighted by Gasteiger charge is 2.27. The Kier molecular flexibility index (Phi) is 4.51. The topological polar surface area (TPSA) is 15.3 Å². The summed E-state index contributed by atoms with van der Waals surface area (Å²) >= 11 is 0. The van der Waals surface area contributed by atoms with E-state index in [0.29, 0.717) is 11.5 Å². The van der Waals surface area contributed by atoms with Crippen molar-refractivity contribution >= 4 is 5.69 Å². The predicted molar refractivity (Wildman–Crippen MR) is 83.8 cm³/mol. The maximum absolute atomic E-state index is 3.44. The number of para-hydroxylation sites is 1. The Hall–Kier alpha value is -1.02. The zero-order chi connectivity index (χ0) is 13.9. The summed E-state index contributed by atoms with van der Waals surface area (Å²) in [4.78, 5) is 2.57. The lowest BCUT2D eigenvalue weighted by atomic mass is 9.82. The number of piperidine rings is 1. The molecule has 1 aliphatic rings. The van der Waals surface area contributed by atoms with Crippen LogP contribution in [0, 0.1) is 5.41 Å². The molecule has 1 saturated heterocycles. The first-order valence-corrected chi connectivity index (χ1v) is 7.58. The first-order chi connectivity index (χ1) is 9.07. The van der Waals surface area contributed by atoms with Gasteiger partial charge in [0.25, 0.3) is 0 Å². The monoisotopic (exact) mass is 260 g/mol. The van der Waals surface area contributed by atoms with Crippen LogP contribution >= 0.6 is 0 Å². The third kappa shape index (κ3) is 3.30. The van der Waals surface area contributed by atoms with E-state index in [-0.39, 0.29) is 0 Å². The van der Waals surface area contributed by atoms with Gasteiger partial charge in [-0.15, -0.1) is 0 Å². The van der Waals surface area contributed by atoms with Gasteiger partial charge in [0, 0.05) is 24.8 Å². The van der Waals surface area contributed by atoms with Crippen LogP contribution < -0.4 is 10.2 Å². The summed E-state index contributed by atoms with van der Waals surface area (Å²) in [6.07, 6.45) is 3.71. The van der Waals surface area contributed by atoms with Gasteiger partial charge >= 0.3 is 0 Å². The van der Waals surface area contributed by atoms with Crippen molar-refractivity contribution in [1.29, 1.82) is 0 Å². The van der Waals surface area contributed by atoms with Gasteiger partial charge < -0.3 is 10.2 Å². The Morgan fingerprint density at radius 1 is 1.21 bits per heavy atom. The normalized spacial score (nSPS) is 20.3. The molecule has 19 heavy (non-hydrogen) atoms. The van der Waals surface area contributed by atoms with Crippen molar-refractivity contribution < 1.29 is 0 Å². The fourth-order valence-electron chi connectivity index (χ4n) is 3.00. The molecule has 106 valence electrons. The lowest BCUT2D eigenvalue weighted by Gasteiger charge is -2.39. The molecule has 2 rings (SSSR count). The highest BCUT2D eigenvalue weighted by molar-refractivity contribution is 5.55. The molecule has 2 heteroatoms. The van der Waals surface area contributed by atoms with Crippen LogP contribution in [0.3, 0.4) is 0 Å². The summed E-state index contributed by atoms with van der Waals surface area (Å²) in [5, 5.41) is 3.44. The molecule has 1 aromatic carbocycles. The van der Waals surface area contributed by atoms with Crippen LogP contribution in [-0.4, -0.2) is 20.1 Å². The molecule has 0 aromatic heterocycles. The fourth-order valence-corrected chi connectivity index (χ4v) is 3.00. The maximum atomic E-state index is 3.44. The minimum atomic E-state index is 0.464. The van der Waals surface area contributed by atoms with Crippen molar-refractivity contribution in [2.45, 2.75) is 46.1 Å². The Balaban J connectivity index is 2.21. The van der Waals surface area contributed by atoms with Gasteiger partial charge in [0.1, 0.15) is 0 Å². The van der Waals surface area contributed by atoms with Crippen LogP contribution in [0.25, 0.3) is 0 Å². The van der Waals surface area contributed by atoms with Crippen molar-refractivity contribution in [2.75, 3.05) is 25.0 Å². The molecule has 0 spiro atoms. The number of hydrogen-bond acceptors (Lipinski definition) is 2. The smallest absolute Gasteiger partial charge is 0.0414 e. The molecule has 0 bridgehead atoms. The van der Waals surface area contributed by atoms with E-state index in [1.807, 2.05) is 0 Å². The van der Waals surface area contributed by atoms with Crippen LogP contribution in [0.15, 0.2) is 24.3 Å². The van der Waals surface area contributed by atoms with Gasteiger partial charge in [-0.25, -0.2) is 0 Å². The van der Waals surface area contributed by atoms with Gasteiger partial charge in [0.15, 0.2) is 0 Å². The maximum Gasteiger partial charge on any atom is 0.0414 e. The van der Waals surface area contributed by atoms with Gasteiger partial charge in [0.05, 0.1) is 0 Å². The third-order valence-electron chi connectivity index (χ3n) is 4.53. The predicted octanol–water partition coefficient (Wildman–Crippen LogP) is 3.98. The lowest BCUT2D eigenvalue weighted by Crippen LogP contribution is -2.38. The van der Waals surface area contributed by atoms with E-state index in [0.717, 1.165) is 6.42 Å². The molecule has 1 aliphatic heterocycles. The van der Waals surface area contributed by atoms with E-state index in [9.17, 15) is 0 Å². The van der Waals surface area contributed by atoms with Crippen LogP contribution in [0.2, 0.25) is 0 Å². The number of hydrogen-bond donors (Lipinski definition) is 1. The second-order valence-electron chi connectivity index (χ2n) is 6.46. The molecule has 1 fully saturated rings. The van der Waals surface area contributed by atoms with Crippen molar-refractivity contribution in [1.82, 2.24) is 5.32 Å². The Morgan fingerprint density at radius 3 is 2.42 bits per heavy atom. The van der Waals surface area contributed by atoms with E-state index in [1.165, 1.54) is 37.2 Å². The lowest BCUT2D eigenvalue weighted by molar-refractivity contribution is 0.279. The second kappa shape index (κ2) is 5.96. The summed E-state index contributed by atoms with van der Waals surface area (Å²) in [6.45, 7) is 9.39. The van der Waals surface area contributed by atoms with Crippen molar-refractivity contribution in [3.05, 3.63) is 29.8 Å². The molecule has 1 atom stereocenters. The summed E-state index contributed by atoms with van der Waals surface area (Å²) < 4.78 is 0. The molecule has 1 aromatic rings. The number of nitrogens with one attached hydrogen (secondary N) is 1. The first kappa shape index (κ1) is 14.4. The highest BCUT2D eigenvalue weighted by atomic mass is 15.1. The standard InChI is InChI=1S/C17H28N2/c1-5-15(18-4)14-8-6-7-9-16(14)19-12-10-17(2,3)11-13-19/h6-9,15,18H,5,10-13H2,1-4H3. The summed E-state index contributed by atoms with van der Waals surface area (Å²) in [7, 11) is 2.06. The zero-order valence-electron chi connectivity index (χ0n) is 12.9. The minimum absolute atomic E-state index is 0.464. The van der Waals surface area contributed by atoms with E-state index < -0.39 is 0 Å². The van der Waals surface area contributed by atoms with Crippen molar-refractivity contribution in [3.8, 4) is 0 Å². The SMILES string of the molecule is CCC(NC)c1ccccc1N1CCC(C)(C)CC1. The van der Waals surface area contributed by atoms with Crippen molar-refractivity contribution in [2.24, 2.45) is 5.41 Å². The number of rotatable bonds is 4. The first-order valence-electron chi connectivity index (χ1n) is 7.58. The van der Waals surface area contributed by atoms with Crippen LogP contribution in [-0.2, 0) is 0 Å². The van der Waals surface area contributed by atoms with Gasteiger partial charge in [-0.05, 0) is 43.4 Å². The molecule has 1 heterocycles. The van der Waals surface area contributed by atoms with E-state index in [4.69, 9.17) is 0 Å². The molecule has 0 amide bonds. The highest BCUT2D eigenvalue weighted by Crippen LogP contribution is 2.35. The second-order valence-corrected chi connectivity index (χ2v) is 6.46. The minimum Gasteiger partial charge on any atom is -0.371 e. The van der Waals surface area contributed by atoms with Crippen LogP contribution in [0.5, 0.6) is 0 Å². The summed E-state index contributed by atoms with van der Waals surface area (Å²) in [5.41, 5.74) is 3.39. The largest absolute Gasteiger partial charge is 0.371 e. The number of nitrogens with zero attached hydrogens (tertiary/aromatic N) is 1. The molecule has 1 unspecified atom stereocenters. The fraction of sp³-hybridized carbons (Fsp3) is 0.647. The van der Waals surface area contributed by atoms with E-state index in [1.54, 1.807) is 0 Å². The average Bonchev–Trinajstić information content (AvgIpc) is 2.41. The van der Waals surface area contributed by atoms with E-state index in [2.05, 4.69) is 62.3 Å². The molecular formula is C17H28N2. The van der Waals surface area contributed by atoms with Crippen molar-refractivity contribution in [3.63, 3.8) is 0 Å². The van der Waals surface area contributed by atoms with Gasteiger partial charge in [-0.2, -0.15) is 0 Å². The van der Waals surface area contributed by atoms with Gasteiger partial charge in [0.2, 0.25) is 0 Å². The third-order valence-corrected chi connectivity index (χ3v) is 4.53. The van der Waals surface area contributed by atoms with E-state index >= 15 is 0 Å². The molecular weight excluding hydrogens is 232 g/mol. The molecule has 0 aliphatic carbocycles.